The van der Waals surface area contributed by atoms with E-state index in [4.69, 9.17) is 32.7 Å². The van der Waals surface area contributed by atoms with Gasteiger partial charge in [-0.15, -0.1) is 0 Å². The molecule has 1 aliphatic rings. The Morgan fingerprint density at radius 2 is 2.08 bits per heavy atom. The van der Waals surface area contributed by atoms with Crippen molar-refractivity contribution in [1.82, 2.24) is 0 Å². The summed E-state index contributed by atoms with van der Waals surface area (Å²) < 4.78 is 11.4. The molecule has 1 amide bonds. The van der Waals surface area contributed by atoms with Crippen LogP contribution in [-0.2, 0) is 6.42 Å². The number of benzene rings is 2. The number of anilines is 1. The van der Waals surface area contributed by atoms with Crippen LogP contribution in [0.1, 0.15) is 29.8 Å². The molecular formula is C18H17Cl2NO3. The summed E-state index contributed by atoms with van der Waals surface area (Å²) in [6.45, 7) is 4.41. The second kappa shape index (κ2) is 6.91. The number of nitrogens with one attached hydrogen (secondary N) is 1. The molecule has 0 spiro atoms. The molecule has 24 heavy (non-hydrogen) atoms. The fourth-order valence-electron chi connectivity index (χ4n) is 2.64. The van der Waals surface area contributed by atoms with Crippen LogP contribution in [0.5, 0.6) is 11.5 Å². The number of carbonyl (C=O) groups excluding carboxylic acids is 1. The molecule has 4 nitrogen and oxygen atoms in total. The Balaban J connectivity index is 1.89. The van der Waals surface area contributed by atoms with Crippen molar-refractivity contribution < 1.29 is 14.3 Å². The van der Waals surface area contributed by atoms with E-state index >= 15 is 0 Å². The van der Waals surface area contributed by atoms with Crippen LogP contribution in [0.2, 0.25) is 10.0 Å². The standard InChI is InChI=1S/C18H17Cl2NO3/c1-3-23-17-8-12-6-10(2)24-16(12)9-15(17)21-18(22)11-4-5-13(19)14(20)7-11/h4-5,7-10H,3,6H2,1-2H3,(H,21,22)/t10-/m1/s1. The van der Waals surface area contributed by atoms with Gasteiger partial charge in [-0.3, -0.25) is 4.79 Å². The molecule has 0 aromatic heterocycles. The van der Waals surface area contributed by atoms with E-state index in [2.05, 4.69) is 5.32 Å². The van der Waals surface area contributed by atoms with Gasteiger partial charge in [0, 0.05) is 23.6 Å². The molecule has 0 saturated carbocycles. The molecule has 0 bridgehead atoms. The highest BCUT2D eigenvalue weighted by Gasteiger charge is 2.23. The van der Waals surface area contributed by atoms with Crippen molar-refractivity contribution in [3.05, 3.63) is 51.5 Å². The lowest BCUT2D eigenvalue weighted by Gasteiger charge is -2.14. The second-order valence-electron chi connectivity index (χ2n) is 5.60. The van der Waals surface area contributed by atoms with Gasteiger partial charge in [-0.05, 0) is 38.1 Å². The Bertz CT molecular complexity index is 792. The van der Waals surface area contributed by atoms with E-state index in [1.807, 2.05) is 19.9 Å². The first kappa shape index (κ1) is 16.9. The Labute approximate surface area is 150 Å². The summed E-state index contributed by atoms with van der Waals surface area (Å²) in [7, 11) is 0. The van der Waals surface area contributed by atoms with Crippen LogP contribution in [0.15, 0.2) is 30.3 Å². The number of hydrogen-bond donors (Lipinski definition) is 1. The molecule has 0 radical (unpaired) electrons. The van der Waals surface area contributed by atoms with Gasteiger partial charge in [0.1, 0.15) is 17.6 Å². The molecular weight excluding hydrogens is 349 g/mol. The predicted molar refractivity (Wildman–Crippen MR) is 95.8 cm³/mol. The number of carbonyl (C=O) groups is 1. The summed E-state index contributed by atoms with van der Waals surface area (Å²) in [6, 6.07) is 8.48. The number of ether oxygens (including phenoxy) is 2. The molecule has 1 atom stereocenters. The van der Waals surface area contributed by atoms with E-state index < -0.39 is 0 Å². The third-order valence-electron chi connectivity index (χ3n) is 3.73. The van der Waals surface area contributed by atoms with Gasteiger partial charge in [0.25, 0.3) is 5.91 Å². The molecule has 0 unspecified atom stereocenters. The van der Waals surface area contributed by atoms with Crippen LogP contribution < -0.4 is 14.8 Å². The van der Waals surface area contributed by atoms with E-state index in [-0.39, 0.29) is 12.0 Å². The topological polar surface area (TPSA) is 47.6 Å². The summed E-state index contributed by atoms with van der Waals surface area (Å²) in [6.07, 6.45) is 0.951. The molecule has 0 fully saturated rings. The van der Waals surface area contributed by atoms with E-state index in [9.17, 15) is 4.79 Å². The predicted octanol–water partition coefficient (Wildman–Crippen LogP) is 4.97. The van der Waals surface area contributed by atoms with E-state index in [1.165, 1.54) is 6.07 Å². The summed E-state index contributed by atoms with van der Waals surface area (Å²) >= 11 is 11.9. The average molecular weight is 366 g/mol. The number of hydrogen-bond acceptors (Lipinski definition) is 3. The van der Waals surface area contributed by atoms with E-state index in [0.717, 1.165) is 17.7 Å². The minimum Gasteiger partial charge on any atom is -0.492 e. The van der Waals surface area contributed by atoms with Crippen molar-refractivity contribution in [3.8, 4) is 11.5 Å². The summed E-state index contributed by atoms with van der Waals surface area (Å²) in [5, 5.41) is 3.60. The highest BCUT2D eigenvalue weighted by atomic mass is 35.5. The molecule has 1 N–H and O–H groups in total. The molecule has 1 heterocycles. The van der Waals surface area contributed by atoms with Gasteiger partial charge in [-0.1, -0.05) is 23.2 Å². The minimum atomic E-state index is -0.291. The van der Waals surface area contributed by atoms with E-state index in [1.54, 1.807) is 18.2 Å². The summed E-state index contributed by atoms with van der Waals surface area (Å²) in [5.41, 5.74) is 2.07. The number of halogens is 2. The molecule has 3 rings (SSSR count). The first-order valence-electron chi connectivity index (χ1n) is 7.70. The van der Waals surface area contributed by atoms with Crippen LogP contribution in [0, 0.1) is 0 Å². The monoisotopic (exact) mass is 365 g/mol. The van der Waals surface area contributed by atoms with Gasteiger partial charge in [0.2, 0.25) is 0 Å². The van der Waals surface area contributed by atoms with E-state index in [0.29, 0.717) is 33.7 Å². The smallest absolute Gasteiger partial charge is 0.255 e. The highest BCUT2D eigenvalue weighted by molar-refractivity contribution is 6.42. The van der Waals surface area contributed by atoms with Crippen molar-refractivity contribution >= 4 is 34.8 Å². The number of rotatable bonds is 4. The van der Waals surface area contributed by atoms with Crippen LogP contribution in [-0.4, -0.2) is 18.6 Å². The van der Waals surface area contributed by atoms with Crippen molar-refractivity contribution in [2.75, 3.05) is 11.9 Å². The third-order valence-corrected chi connectivity index (χ3v) is 4.47. The van der Waals surface area contributed by atoms with Gasteiger partial charge in [0.15, 0.2) is 0 Å². The fourth-order valence-corrected chi connectivity index (χ4v) is 2.94. The minimum absolute atomic E-state index is 0.121. The maximum Gasteiger partial charge on any atom is 0.255 e. The molecule has 126 valence electrons. The van der Waals surface area contributed by atoms with Gasteiger partial charge >= 0.3 is 0 Å². The van der Waals surface area contributed by atoms with Crippen LogP contribution in [0.4, 0.5) is 5.69 Å². The van der Waals surface area contributed by atoms with Gasteiger partial charge < -0.3 is 14.8 Å². The van der Waals surface area contributed by atoms with Gasteiger partial charge in [0.05, 0.1) is 22.3 Å². The zero-order valence-corrected chi connectivity index (χ0v) is 14.9. The molecule has 2 aromatic rings. The number of amides is 1. The molecule has 2 aromatic carbocycles. The van der Waals surface area contributed by atoms with Crippen molar-refractivity contribution in [1.29, 1.82) is 0 Å². The molecule has 0 saturated heterocycles. The first-order chi connectivity index (χ1) is 11.5. The normalized spacial score (nSPS) is 15.6. The lowest BCUT2D eigenvalue weighted by molar-refractivity contribution is 0.102. The maximum atomic E-state index is 12.5. The second-order valence-corrected chi connectivity index (χ2v) is 6.42. The molecule has 0 aliphatic carbocycles. The quantitative estimate of drug-likeness (QED) is 0.831. The Hall–Kier alpha value is -1.91. The zero-order chi connectivity index (χ0) is 17.3. The maximum absolute atomic E-state index is 12.5. The lowest BCUT2D eigenvalue weighted by atomic mass is 10.1. The Morgan fingerprint density at radius 1 is 1.29 bits per heavy atom. The fraction of sp³-hybridized carbons (Fsp3) is 0.278. The van der Waals surface area contributed by atoms with Gasteiger partial charge in [-0.25, -0.2) is 0 Å². The largest absolute Gasteiger partial charge is 0.492 e. The van der Waals surface area contributed by atoms with Crippen molar-refractivity contribution in [3.63, 3.8) is 0 Å². The third kappa shape index (κ3) is 3.45. The summed E-state index contributed by atoms with van der Waals surface area (Å²) in [5.74, 6) is 1.11. The lowest BCUT2D eigenvalue weighted by Crippen LogP contribution is -2.13. The first-order valence-corrected chi connectivity index (χ1v) is 8.46. The average Bonchev–Trinajstić information content (AvgIpc) is 2.89. The van der Waals surface area contributed by atoms with Crippen LogP contribution in [0.25, 0.3) is 0 Å². The Kier molecular flexibility index (Phi) is 4.88. The SMILES string of the molecule is CCOc1cc2c(cc1NC(=O)c1ccc(Cl)c(Cl)c1)O[C@H](C)C2. The molecule has 6 heteroatoms. The van der Waals surface area contributed by atoms with Gasteiger partial charge in [-0.2, -0.15) is 0 Å². The van der Waals surface area contributed by atoms with Crippen molar-refractivity contribution in [2.45, 2.75) is 26.4 Å². The van der Waals surface area contributed by atoms with Crippen molar-refractivity contribution in [2.24, 2.45) is 0 Å². The highest BCUT2D eigenvalue weighted by Crippen LogP contribution is 2.38. The molecule has 1 aliphatic heterocycles. The van der Waals surface area contributed by atoms with Crippen LogP contribution in [0.3, 0.4) is 0 Å². The van der Waals surface area contributed by atoms with Crippen LogP contribution >= 0.6 is 23.2 Å². The Morgan fingerprint density at radius 3 is 2.79 bits per heavy atom. The summed E-state index contributed by atoms with van der Waals surface area (Å²) in [4.78, 5) is 12.5. The number of fused-ring (bicyclic) bond motifs is 1. The zero-order valence-electron chi connectivity index (χ0n) is 13.4.